The minimum Gasteiger partial charge on any atom is -0.378 e. The molecule has 2 unspecified atom stereocenters. The smallest absolute Gasteiger partial charge is 0.0575 e. The Kier molecular flexibility index (Phi) is 5.40. The first-order valence-electron chi connectivity index (χ1n) is 5.69. The summed E-state index contributed by atoms with van der Waals surface area (Å²) in [6.07, 6.45) is 5.44. The zero-order valence-corrected chi connectivity index (χ0v) is 9.01. The summed E-state index contributed by atoms with van der Waals surface area (Å²) >= 11 is 0. The van der Waals surface area contributed by atoms with E-state index < -0.39 is 0 Å². The van der Waals surface area contributed by atoms with Gasteiger partial charge in [0.2, 0.25) is 0 Å². The van der Waals surface area contributed by atoms with Crippen LogP contribution in [0.25, 0.3) is 0 Å². The van der Waals surface area contributed by atoms with Crippen LogP contribution in [0.15, 0.2) is 0 Å². The second-order valence-electron chi connectivity index (χ2n) is 4.00. The van der Waals surface area contributed by atoms with Crippen molar-refractivity contribution in [3.05, 3.63) is 0 Å². The standard InChI is InChI=1S/C11H23NO/c1-3-6-12-9-10-5-7-13-11(4-2)8-10/h10-12H,3-9H2,1-2H3. The third-order valence-electron chi connectivity index (χ3n) is 2.79. The molecule has 0 amide bonds. The Morgan fingerprint density at radius 1 is 1.38 bits per heavy atom. The van der Waals surface area contributed by atoms with Gasteiger partial charge in [0.25, 0.3) is 0 Å². The van der Waals surface area contributed by atoms with E-state index in [1.807, 2.05) is 0 Å². The van der Waals surface area contributed by atoms with Crippen molar-refractivity contribution in [3.63, 3.8) is 0 Å². The minimum absolute atomic E-state index is 0.530. The SMILES string of the molecule is CCCNCC1CCOC(CC)C1. The molecule has 1 heterocycles. The Morgan fingerprint density at radius 2 is 2.23 bits per heavy atom. The van der Waals surface area contributed by atoms with Crippen LogP contribution in [0, 0.1) is 5.92 Å². The van der Waals surface area contributed by atoms with Crippen LogP contribution in [-0.4, -0.2) is 25.8 Å². The number of hydrogen-bond donors (Lipinski definition) is 1. The molecule has 0 aromatic carbocycles. The van der Waals surface area contributed by atoms with Crippen molar-refractivity contribution in [3.8, 4) is 0 Å². The van der Waals surface area contributed by atoms with Crippen molar-refractivity contribution >= 4 is 0 Å². The van der Waals surface area contributed by atoms with E-state index in [1.165, 1.54) is 32.2 Å². The first-order chi connectivity index (χ1) is 6.36. The molecule has 1 fully saturated rings. The van der Waals surface area contributed by atoms with E-state index in [0.29, 0.717) is 6.10 Å². The molecule has 0 aromatic heterocycles. The fourth-order valence-electron chi connectivity index (χ4n) is 1.91. The largest absolute Gasteiger partial charge is 0.378 e. The van der Waals surface area contributed by atoms with Crippen molar-refractivity contribution in [2.75, 3.05) is 19.7 Å². The molecule has 1 aliphatic rings. The second-order valence-corrected chi connectivity index (χ2v) is 4.00. The van der Waals surface area contributed by atoms with E-state index in [4.69, 9.17) is 4.74 Å². The maximum Gasteiger partial charge on any atom is 0.0575 e. The highest BCUT2D eigenvalue weighted by atomic mass is 16.5. The highest BCUT2D eigenvalue weighted by Gasteiger charge is 2.20. The summed E-state index contributed by atoms with van der Waals surface area (Å²) in [4.78, 5) is 0. The van der Waals surface area contributed by atoms with Crippen LogP contribution in [0.2, 0.25) is 0 Å². The van der Waals surface area contributed by atoms with Crippen molar-refractivity contribution < 1.29 is 4.74 Å². The molecule has 13 heavy (non-hydrogen) atoms. The average Bonchev–Trinajstić information content (AvgIpc) is 2.19. The van der Waals surface area contributed by atoms with Gasteiger partial charge in [-0.2, -0.15) is 0 Å². The zero-order chi connectivity index (χ0) is 9.52. The number of rotatable bonds is 5. The van der Waals surface area contributed by atoms with Crippen molar-refractivity contribution in [1.29, 1.82) is 0 Å². The third kappa shape index (κ3) is 4.10. The van der Waals surface area contributed by atoms with Crippen molar-refractivity contribution in [1.82, 2.24) is 5.32 Å². The van der Waals surface area contributed by atoms with Crippen LogP contribution in [0.3, 0.4) is 0 Å². The average molecular weight is 185 g/mol. The predicted octanol–water partition coefficient (Wildman–Crippen LogP) is 2.19. The van der Waals surface area contributed by atoms with E-state index >= 15 is 0 Å². The second kappa shape index (κ2) is 6.39. The topological polar surface area (TPSA) is 21.3 Å². The van der Waals surface area contributed by atoms with E-state index in [0.717, 1.165) is 19.1 Å². The number of ether oxygens (including phenoxy) is 1. The molecule has 0 bridgehead atoms. The van der Waals surface area contributed by atoms with Crippen molar-refractivity contribution in [2.24, 2.45) is 5.92 Å². The molecular formula is C11H23NO. The fourth-order valence-corrected chi connectivity index (χ4v) is 1.91. The summed E-state index contributed by atoms with van der Waals surface area (Å²) < 4.78 is 5.64. The molecule has 0 aromatic rings. The van der Waals surface area contributed by atoms with Gasteiger partial charge in [-0.3, -0.25) is 0 Å². The molecule has 0 radical (unpaired) electrons. The molecule has 1 N–H and O–H groups in total. The summed E-state index contributed by atoms with van der Waals surface area (Å²) in [5.41, 5.74) is 0. The molecule has 1 aliphatic heterocycles. The Labute approximate surface area is 82.0 Å². The molecule has 2 heteroatoms. The van der Waals surface area contributed by atoms with Gasteiger partial charge in [0.05, 0.1) is 6.10 Å². The van der Waals surface area contributed by atoms with Crippen LogP contribution >= 0.6 is 0 Å². The van der Waals surface area contributed by atoms with Crippen LogP contribution < -0.4 is 5.32 Å². The van der Waals surface area contributed by atoms with E-state index in [2.05, 4.69) is 19.2 Å². The molecular weight excluding hydrogens is 162 g/mol. The van der Waals surface area contributed by atoms with Gasteiger partial charge in [-0.05, 0) is 44.7 Å². The lowest BCUT2D eigenvalue weighted by Gasteiger charge is -2.29. The summed E-state index contributed by atoms with van der Waals surface area (Å²) in [6, 6.07) is 0. The van der Waals surface area contributed by atoms with Gasteiger partial charge in [0.15, 0.2) is 0 Å². The molecule has 2 nitrogen and oxygen atoms in total. The highest BCUT2D eigenvalue weighted by Crippen LogP contribution is 2.21. The Balaban J connectivity index is 2.11. The summed E-state index contributed by atoms with van der Waals surface area (Å²) in [5, 5.41) is 3.49. The van der Waals surface area contributed by atoms with Gasteiger partial charge in [-0.1, -0.05) is 13.8 Å². The van der Waals surface area contributed by atoms with Gasteiger partial charge in [0, 0.05) is 6.61 Å². The lowest BCUT2D eigenvalue weighted by Crippen LogP contribution is -2.32. The molecule has 1 saturated heterocycles. The first kappa shape index (κ1) is 11.0. The van der Waals surface area contributed by atoms with E-state index in [9.17, 15) is 0 Å². The van der Waals surface area contributed by atoms with E-state index in [-0.39, 0.29) is 0 Å². The van der Waals surface area contributed by atoms with Crippen LogP contribution in [-0.2, 0) is 4.74 Å². The molecule has 0 aliphatic carbocycles. The molecule has 0 spiro atoms. The Bertz CT molecular complexity index is 127. The molecule has 0 saturated carbocycles. The van der Waals surface area contributed by atoms with Crippen LogP contribution in [0.5, 0.6) is 0 Å². The highest BCUT2D eigenvalue weighted by molar-refractivity contribution is 4.72. The summed E-state index contributed by atoms with van der Waals surface area (Å²) in [7, 11) is 0. The Hall–Kier alpha value is -0.0800. The third-order valence-corrected chi connectivity index (χ3v) is 2.79. The maximum atomic E-state index is 5.64. The first-order valence-corrected chi connectivity index (χ1v) is 5.69. The van der Waals surface area contributed by atoms with Gasteiger partial charge in [0.1, 0.15) is 0 Å². The molecule has 78 valence electrons. The Morgan fingerprint density at radius 3 is 2.92 bits per heavy atom. The minimum atomic E-state index is 0.530. The van der Waals surface area contributed by atoms with Gasteiger partial charge >= 0.3 is 0 Å². The summed E-state index contributed by atoms with van der Waals surface area (Å²) in [5.74, 6) is 0.852. The fraction of sp³-hybridized carbons (Fsp3) is 1.00. The monoisotopic (exact) mass is 185 g/mol. The maximum absolute atomic E-state index is 5.64. The molecule has 1 rings (SSSR count). The van der Waals surface area contributed by atoms with Crippen LogP contribution in [0.1, 0.15) is 39.5 Å². The van der Waals surface area contributed by atoms with Crippen molar-refractivity contribution in [2.45, 2.75) is 45.6 Å². The van der Waals surface area contributed by atoms with Gasteiger partial charge in [-0.25, -0.2) is 0 Å². The number of hydrogen-bond acceptors (Lipinski definition) is 2. The lowest BCUT2D eigenvalue weighted by molar-refractivity contribution is -0.00999. The van der Waals surface area contributed by atoms with E-state index in [1.54, 1.807) is 0 Å². The normalized spacial score (nSPS) is 29.1. The predicted molar refractivity (Wildman–Crippen MR) is 55.9 cm³/mol. The zero-order valence-electron chi connectivity index (χ0n) is 9.01. The van der Waals surface area contributed by atoms with Gasteiger partial charge < -0.3 is 10.1 Å². The molecule has 2 atom stereocenters. The van der Waals surface area contributed by atoms with Crippen LogP contribution in [0.4, 0.5) is 0 Å². The lowest BCUT2D eigenvalue weighted by atomic mass is 9.94. The quantitative estimate of drug-likeness (QED) is 0.663. The number of nitrogens with one attached hydrogen (secondary N) is 1. The summed E-state index contributed by atoms with van der Waals surface area (Å²) in [6.45, 7) is 7.75. The van der Waals surface area contributed by atoms with Gasteiger partial charge in [-0.15, -0.1) is 0 Å².